The van der Waals surface area contributed by atoms with Crippen LogP contribution in [0.25, 0.3) is 5.69 Å². The summed E-state index contributed by atoms with van der Waals surface area (Å²) in [5, 5.41) is 5.12. The highest BCUT2D eigenvalue weighted by Crippen LogP contribution is 2.18. The van der Waals surface area contributed by atoms with E-state index in [1.165, 1.54) is 0 Å². The number of nitrogens with zero attached hydrogens (tertiary/aromatic N) is 3. The van der Waals surface area contributed by atoms with E-state index in [2.05, 4.69) is 5.10 Å². The largest absolute Gasteiger partial charge is 0.338 e. The van der Waals surface area contributed by atoms with E-state index in [0.717, 1.165) is 24.2 Å². The molecule has 5 nitrogen and oxygen atoms in total. The normalized spacial score (nSPS) is 16.0. The first kappa shape index (κ1) is 15.1. The molecular weight excluding hydrogens is 300 g/mol. The predicted molar refractivity (Wildman–Crippen MR) is 86.4 cm³/mol. The molecule has 0 bridgehead atoms. The Morgan fingerprint density at radius 2 is 1.91 bits per heavy atom. The van der Waals surface area contributed by atoms with Gasteiger partial charge < -0.3 is 10.6 Å². The van der Waals surface area contributed by atoms with Crippen molar-refractivity contribution in [3.8, 4) is 5.69 Å². The van der Waals surface area contributed by atoms with Crippen LogP contribution in [0.15, 0.2) is 30.5 Å². The maximum Gasteiger partial charge on any atom is 0.257 e. The molecule has 2 aromatic rings. The van der Waals surface area contributed by atoms with Gasteiger partial charge in [-0.05, 0) is 44.0 Å². The Bertz CT molecular complexity index is 672. The number of piperidine rings is 1. The Morgan fingerprint density at radius 3 is 2.55 bits per heavy atom. The monoisotopic (exact) mass is 318 g/mol. The topological polar surface area (TPSA) is 64.2 Å². The molecule has 0 saturated carbocycles. The van der Waals surface area contributed by atoms with Gasteiger partial charge in [0.25, 0.3) is 5.91 Å². The fraction of sp³-hybridized carbons (Fsp3) is 0.375. The zero-order chi connectivity index (χ0) is 15.7. The van der Waals surface area contributed by atoms with Crippen molar-refractivity contribution in [3.63, 3.8) is 0 Å². The van der Waals surface area contributed by atoms with Gasteiger partial charge in [-0.25, -0.2) is 4.68 Å². The Balaban J connectivity index is 1.83. The van der Waals surface area contributed by atoms with E-state index < -0.39 is 0 Å². The summed E-state index contributed by atoms with van der Waals surface area (Å²) in [4.78, 5) is 14.5. The lowest BCUT2D eigenvalue weighted by molar-refractivity contribution is 0.0714. The molecule has 1 amide bonds. The molecule has 3 rings (SSSR count). The molecule has 6 heteroatoms. The lowest BCUT2D eigenvalue weighted by atomic mass is 10.1. The molecule has 0 spiro atoms. The van der Waals surface area contributed by atoms with Crippen molar-refractivity contribution >= 4 is 17.5 Å². The number of carbonyl (C=O) groups excluding carboxylic acids is 1. The second-order valence-electron chi connectivity index (χ2n) is 5.68. The molecule has 116 valence electrons. The fourth-order valence-corrected chi connectivity index (χ4v) is 2.79. The van der Waals surface area contributed by atoms with Crippen LogP contribution in [0, 0.1) is 6.92 Å². The predicted octanol–water partition coefficient (Wildman–Crippen LogP) is 2.40. The van der Waals surface area contributed by atoms with Crippen molar-refractivity contribution in [2.24, 2.45) is 5.73 Å². The molecule has 0 radical (unpaired) electrons. The number of likely N-dealkylation sites (tertiary alicyclic amines) is 1. The zero-order valence-corrected chi connectivity index (χ0v) is 13.3. The van der Waals surface area contributed by atoms with Crippen LogP contribution in [0.1, 0.15) is 28.9 Å². The fourth-order valence-electron chi connectivity index (χ4n) is 2.67. The van der Waals surface area contributed by atoms with Gasteiger partial charge in [-0.15, -0.1) is 0 Å². The summed E-state index contributed by atoms with van der Waals surface area (Å²) in [5.74, 6) is 0.0320. The molecule has 1 aliphatic rings. The number of carbonyl (C=O) groups is 1. The number of amides is 1. The second-order valence-corrected chi connectivity index (χ2v) is 6.12. The number of halogens is 1. The van der Waals surface area contributed by atoms with Gasteiger partial charge in [-0.1, -0.05) is 11.6 Å². The average molecular weight is 319 g/mol. The second kappa shape index (κ2) is 6.10. The SMILES string of the molecule is Cc1nn(-c2ccc(Cl)cc2)cc1C(=O)N1CCC(N)CC1. The van der Waals surface area contributed by atoms with Crippen molar-refractivity contribution in [1.29, 1.82) is 0 Å². The summed E-state index contributed by atoms with van der Waals surface area (Å²) in [5.41, 5.74) is 8.15. The molecule has 0 aliphatic carbocycles. The van der Waals surface area contributed by atoms with Gasteiger partial charge >= 0.3 is 0 Å². The van der Waals surface area contributed by atoms with Gasteiger partial charge in [0.2, 0.25) is 0 Å². The van der Waals surface area contributed by atoms with Crippen molar-refractivity contribution < 1.29 is 4.79 Å². The Kier molecular flexibility index (Phi) is 4.18. The van der Waals surface area contributed by atoms with Crippen molar-refractivity contribution in [2.45, 2.75) is 25.8 Å². The Hall–Kier alpha value is -1.85. The van der Waals surface area contributed by atoms with E-state index in [9.17, 15) is 4.79 Å². The van der Waals surface area contributed by atoms with E-state index in [-0.39, 0.29) is 11.9 Å². The molecule has 0 unspecified atom stereocenters. The standard InChI is InChI=1S/C16H19ClN4O/c1-11-15(16(22)20-8-6-13(18)7-9-20)10-21(19-11)14-4-2-12(17)3-5-14/h2-5,10,13H,6-9,18H2,1H3. The maximum atomic E-state index is 12.6. The van der Waals surface area contributed by atoms with Gasteiger partial charge in [0.05, 0.1) is 16.9 Å². The molecule has 1 fully saturated rings. The van der Waals surface area contributed by atoms with Gasteiger partial charge in [0.1, 0.15) is 0 Å². The summed E-state index contributed by atoms with van der Waals surface area (Å²) in [6, 6.07) is 7.58. The van der Waals surface area contributed by atoms with Gasteiger partial charge in [-0.2, -0.15) is 5.10 Å². The number of aromatic nitrogens is 2. The molecule has 2 heterocycles. The molecule has 22 heavy (non-hydrogen) atoms. The number of hydrogen-bond acceptors (Lipinski definition) is 3. The first-order chi connectivity index (χ1) is 10.5. The number of rotatable bonds is 2. The van der Waals surface area contributed by atoms with Crippen LogP contribution < -0.4 is 5.73 Å². The van der Waals surface area contributed by atoms with Crippen molar-refractivity contribution in [3.05, 3.63) is 46.7 Å². The average Bonchev–Trinajstić information content (AvgIpc) is 2.90. The van der Waals surface area contributed by atoms with E-state index in [1.54, 1.807) is 23.0 Å². The number of benzene rings is 1. The lowest BCUT2D eigenvalue weighted by Gasteiger charge is -2.30. The van der Waals surface area contributed by atoms with Crippen molar-refractivity contribution in [2.75, 3.05) is 13.1 Å². The van der Waals surface area contributed by atoms with Crippen LogP contribution in [0.3, 0.4) is 0 Å². The lowest BCUT2D eigenvalue weighted by Crippen LogP contribution is -2.42. The Morgan fingerprint density at radius 1 is 1.27 bits per heavy atom. The third-order valence-corrected chi connectivity index (χ3v) is 4.30. The molecule has 1 aliphatic heterocycles. The number of nitrogens with two attached hydrogens (primary N) is 1. The smallest absolute Gasteiger partial charge is 0.257 e. The summed E-state index contributed by atoms with van der Waals surface area (Å²) in [6.07, 6.45) is 3.50. The van der Waals surface area contributed by atoms with Gasteiger partial charge in [0.15, 0.2) is 0 Å². The third kappa shape index (κ3) is 3.00. The first-order valence-electron chi connectivity index (χ1n) is 7.41. The summed E-state index contributed by atoms with van der Waals surface area (Å²) in [6.45, 7) is 3.28. The molecule has 1 aromatic carbocycles. The van der Waals surface area contributed by atoms with Gasteiger partial charge in [0, 0.05) is 30.4 Å². The third-order valence-electron chi connectivity index (χ3n) is 4.05. The minimum atomic E-state index is 0.0320. The van der Waals surface area contributed by atoms with Crippen LogP contribution in [-0.2, 0) is 0 Å². The maximum absolute atomic E-state index is 12.6. The summed E-state index contributed by atoms with van der Waals surface area (Å²) >= 11 is 5.90. The van der Waals surface area contributed by atoms with Crippen LogP contribution in [0.2, 0.25) is 5.02 Å². The van der Waals surface area contributed by atoms with Crippen LogP contribution in [-0.4, -0.2) is 39.7 Å². The molecule has 2 N–H and O–H groups in total. The molecular formula is C16H19ClN4O. The number of aryl methyl sites for hydroxylation is 1. The highest BCUT2D eigenvalue weighted by Gasteiger charge is 2.24. The Labute approximate surface area is 134 Å². The quantitative estimate of drug-likeness (QED) is 0.924. The van der Waals surface area contributed by atoms with E-state index >= 15 is 0 Å². The van der Waals surface area contributed by atoms with Crippen molar-refractivity contribution in [1.82, 2.24) is 14.7 Å². The molecule has 0 atom stereocenters. The molecule has 1 aromatic heterocycles. The van der Waals surface area contributed by atoms with Crippen LogP contribution in [0.4, 0.5) is 0 Å². The number of hydrogen-bond donors (Lipinski definition) is 1. The summed E-state index contributed by atoms with van der Waals surface area (Å²) in [7, 11) is 0. The minimum Gasteiger partial charge on any atom is -0.338 e. The summed E-state index contributed by atoms with van der Waals surface area (Å²) < 4.78 is 1.72. The minimum absolute atomic E-state index is 0.0320. The highest BCUT2D eigenvalue weighted by molar-refractivity contribution is 6.30. The van der Waals surface area contributed by atoms with Gasteiger partial charge in [-0.3, -0.25) is 4.79 Å². The zero-order valence-electron chi connectivity index (χ0n) is 12.5. The van der Waals surface area contributed by atoms with Crippen LogP contribution >= 0.6 is 11.6 Å². The van der Waals surface area contributed by atoms with E-state index in [1.807, 2.05) is 24.0 Å². The van der Waals surface area contributed by atoms with E-state index in [4.69, 9.17) is 17.3 Å². The first-order valence-corrected chi connectivity index (χ1v) is 7.79. The molecule has 1 saturated heterocycles. The highest BCUT2D eigenvalue weighted by atomic mass is 35.5. The van der Waals surface area contributed by atoms with E-state index in [0.29, 0.717) is 23.7 Å². The van der Waals surface area contributed by atoms with Crippen LogP contribution in [0.5, 0.6) is 0 Å².